The van der Waals surface area contributed by atoms with Gasteiger partial charge >= 0.3 is 0 Å². The molecule has 0 atom stereocenters. The fourth-order valence-corrected chi connectivity index (χ4v) is 17.4. The van der Waals surface area contributed by atoms with Crippen molar-refractivity contribution < 1.29 is 0 Å². The topological polar surface area (TPSA) is 53.9 Å². The summed E-state index contributed by atoms with van der Waals surface area (Å²) in [5.74, 6) is 0. The van der Waals surface area contributed by atoms with Crippen LogP contribution in [0.3, 0.4) is 0 Å². The van der Waals surface area contributed by atoms with Gasteiger partial charge in [0.2, 0.25) is 0 Å². The van der Waals surface area contributed by atoms with Crippen LogP contribution in [-0.4, -0.2) is 9.97 Å². The van der Waals surface area contributed by atoms with Crippen LogP contribution in [0.5, 0.6) is 0 Å². The summed E-state index contributed by atoms with van der Waals surface area (Å²) in [7, 11) is 0. The summed E-state index contributed by atoms with van der Waals surface area (Å²) in [6, 6.07) is 99.7. The van der Waals surface area contributed by atoms with Gasteiger partial charge in [0.15, 0.2) is 5.69 Å². The number of hydrogen-bond acceptors (Lipinski definition) is 4. The van der Waals surface area contributed by atoms with Crippen molar-refractivity contribution in [1.82, 2.24) is 9.97 Å². The molecule has 398 valence electrons. The van der Waals surface area contributed by atoms with Gasteiger partial charge in [-0.15, -0.1) is 11.3 Å². The molecule has 13 aromatic carbocycles. The maximum atomic E-state index is 9.76. The zero-order chi connectivity index (χ0) is 57.3. The Morgan fingerprint density at radius 1 is 0.322 bits per heavy atom. The monoisotopic (exact) mass is 1120 g/mol. The fourth-order valence-electron chi connectivity index (χ4n) is 16.1. The highest BCUT2D eigenvalue weighted by Gasteiger charge is 2.54. The Kier molecular flexibility index (Phi) is 9.73. The minimum atomic E-state index is -0.533. The van der Waals surface area contributed by atoms with Crippen LogP contribution in [0, 0.1) is 17.9 Å². The van der Waals surface area contributed by atoms with Gasteiger partial charge in [0.1, 0.15) is 11.0 Å². The van der Waals surface area contributed by atoms with Crippen LogP contribution in [0.4, 0.5) is 5.69 Å². The van der Waals surface area contributed by atoms with E-state index in [0.29, 0.717) is 11.3 Å². The molecule has 2 heterocycles. The van der Waals surface area contributed by atoms with Gasteiger partial charge in [-0.25, -0.2) is 14.8 Å². The Labute approximate surface area is 505 Å². The van der Waals surface area contributed by atoms with Crippen LogP contribution in [0.2, 0.25) is 0 Å². The number of hydrogen-bond donors (Lipinski definition) is 0. The zero-order valence-electron chi connectivity index (χ0n) is 46.6. The molecular formula is C82H44N4S. The van der Waals surface area contributed by atoms with E-state index in [1.165, 1.54) is 89.0 Å². The minimum absolute atomic E-state index is 0.532. The van der Waals surface area contributed by atoms with E-state index < -0.39 is 10.8 Å². The van der Waals surface area contributed by atoms with Crippen molar-refractivity contribution in [2.45, 2.75) is 10.8 Å². The molecule has 0 N–H and O–H groups in total. The van der Waals surface area contributed by atoms with Crippen LogP contribution >= 0.6 is 11.3 Å². The third-order valence-electron chi connectivity index (χ3n) is 19.6. The first-order chi connectivity index (χ1) is 43.1. The highest BCUT2D eigenvalue weighted by Crippen LogP contribution is 2.67. The van der Waals surface area contributed by atoms with Gasteiger partial charge in [-0.05, 0) is 146 Å². The second-order valence-electron chi connectivity index (χ2n) is 23.5. The van der Waals surface area contributed by atoms with E-state index in [4.69, 9.17) is 16.5 Å². The molecule has 0 amide bonds. The number of aromatic nitrogens is 2. The van der Waals surface area contributed by atoms with Gasteiger partial charge in [0.25, 0.3) is 0 Å². The summed E-state index contributed by atoms with van der Waals surface area (Å²) >= 11 is 1.82. The Morgan fingerprint density at radius 3 is 1.05 bits per heavy atom. The second kappa shape index (κ2) is 17.6. The molecule has 4 aliphatic rings. The summed E-state index contributed by atoms with van der Waals surface area (Å²) in [5, 5.41) is 13.9. The lowest BCUT2D eigenvalue weighted by molar-refractivity contribution is 0.794. The zero-order valence-corrected chi connectivity index (χ0v) is 47.4. The van der Waals surface area contributed by atoms with Crippen LogP contribution < -0.4 is 0 Å². The van der Waals surface area contributed by atoms with Crippen LogP contribution in [0.15, 0.2) is 267 Å². The van der Waals surface area contributed by atoms with Gasteiger partial charge in [0.05, 0.1) is 49.8 Å². The number of thiophene rings is 1. The van der Waals surface area contributed by atoms with Crippen LogP contribution in [0.1, 0.15) is 50.1 Å². The minimum Gasteiger partial charge on any atom is -0.242 e. The summed E-state index contributed by atoms with van der Waals surface area (Å²) in [6.45, 7) is 7.68. The molecular weight excluding hydrogens is 1070 g/mol. The lowest BCUT2D eigenvalue weighted by Crippen LogP contribution is -2.25. The van der Waals surface area contributed by atoms with E-state index >= 15 is 0 Å². The summed E-state index contributed by atoms with van der Waals surface area (Å²) in [6.07, 6.45) is 0. The van der Waals surface area contributed by atoms with Crippen molar-refractivity contribution in [1.29, 1.82) is 5.26 Å². The van der Waals surface area contributed by atoms with E-state index in [0.717, 1.165) is 86.7 Å². The van der Waals surface area contributed by atoms with Crippen LogP contribution in [0.25, 0.3) is 136 Å². The molecule has 0 saturated carbocycles. The number of nitriles is 1. The SMILES string of the molecule is [C-]#[N+]c1ccc(-c2ccc3c(c2)c2cc(-c4ccc(C#N)cc4)ccc2c2nc4c(-c5cccc6c5-c5ccccc5C65c6ccccc6-c6ccccc65)sc(-c5cccc6c5-c5ccccc5C65c6ccccc6-c6ccccc65)c4nc32)cc1. The average molecular weight is 1120 g/mol. The highest BCUT2D eigenvalue weighted by atomic mass is 32.1. The first-order valence-electron chi connectivity index (χ1n) is 29.5. The van der Waals surface area contributed by atoms with Gasteiger partial charge in [0, 0.05) is 21.9 Å². The van der Waals surface area contributed by atoms with Crippen molar-refractivity contribution >= 4 is 60.6 Å². The standard InChI is InChI=1S/C82H44N4S/c1-84-52-40-36-49(37-41-52)51-39-43-58-64(45-51)63-44-50(48-34-32-47(46-83)33-35-48)38-42-57(63)75-76(58)86-78-77(85-75)79(61-22-14-30-71-73(61)59-20-6-12-28-69(59)81(71)65-24-8-2-16-53(65)54-17-3-9-25-66(54)81)87-80(78)62-23-15-31-72-74(62)60-21-7-13-29-70(60)82(72)67-26-10-4-18-55(67)56-19-5-11-27-68(56)82/h2-45H. The number of fused-ring (bicyclic) bond motifs is 27. The summed E-state index contributed by atoms with van der Waals surface area (Å²) in [5.41, 5.74) is 30.3. The molecule has 0 bridgehead atoms. The normalized spacial score (nSPS) is 13.7. The predicted molar refractivity (Wildman–Crippen MR) is 355 cm³/mol. The third-order valence-corrected chi connectivity index (χ3v) is 20.8. The maximum Gasteiger partial charge on any atom is 0.187 e. The van der Waals surface area contributed by atoms with E-state index in [-0.39, 0.29) is 0 Å². The van der Waals surface area contributed by atoms with Crippen LogP contribution in [-0.2, 0) is 10.8 Å². The molecule has 4 aliphatic carbocycles. The second-order valence-corrected chi connectivity index (χ2v) is 24.5. The molecule has 15 aromatic rings. The molecule has 0 fully saturated rings. The van der Waals surface area contributed by atoms with Crippen molar-refractivity contribution in [3.8, 4) is 93.7 Å². The molecule has 2 spiro atoms. The van der Waals surface area contributed by atoms with E-state index in [1.807, 2.05) is 59.9 Å². The van der Waals surface area contributed by atoms with Gasteiger partial charge in [-0.1, -0.05) is 243 Å². The van der Waals surface area contributed by atoms with E-state index in [2.05, 4.69) is 229 Å². The fraction of sp³-hybridized carbons (Fsp3) is 0.0244. The summed E-state index contributed by atoms with van der Waals surface area (Å²) < 4.78 is 0. The predicted octanol–water partition coefficient (Wildman–Crippen LogP) is 20.9. The molecule has 0 aliphatic heterocycles. The number of nitrogens with zero attached hydrogens (tertiary/aromatic N) is 4. The Morgan fingerprint density at radius 2 is 0.655 bits per heavy atom. The maximum absolute atomic E-state index is 9.76. The van der Waals surface area contributed by atoms with E-state index in [9.17, 15) is 5.26 Å². The lowest BCUT2D eigenvalue weighted by Gasteiger charge is -2.30. The molecule has 2 aromatic heterocycles. The van der Waals surface area contributed by atoms with Gasteiger partial charge in [-0.2, -0.15) is 5.26 Å². The van der Waals surface area contributed by atoms with Gasteiger partial charge < -0.3 is 0 Å². The quantitative estimate of drug-likeness (QED) is 0.130. The van der Waals surface area contributed by atoms with Crippen molar-refractivity contribution in [3.05, 3.63) is 328 Å². The molecule has 0 saturated heterocycles. The van der Waals surface area contributed by atoms with Crippen molar-refractivity contribution in [2.75, 3.05) is 0 Å². The average Bonchev–Trinajstić information content (AvgIpc) is 1.53. The Hall–Kier alpha value is -11.3. The molecule has 4 nitrogen and oxygen atoms in total. The van der Waals surface area contributed by atoms with E-state index in [1.54, 1.807) is 0 Å². The first kappa shape index (κ1) is 48.1. The smallest absolute Gasteiger partial charge is 0.187 e. The third kappa shape index (κ3) is 6.17. The van der Waals surface area contributed by atoms with Crippen molar-refractivity contribution in [3.63, 3.8) is 0 Å². The first-order valence-corrected chi connectivity index (χ1v) is 30.4. The van der Waals surface area contributed by atoms with Gasteiger partial charge in [-0.3, -0.25) is 0 Å². The molecule has 5 heteroatoms. The molecule has 0 unspecified atom stereocenters. The van der Waals surface area contributed by atoms with Crippen molar-refractivity contribution in [2.24, 2.45) is 0 Å². The number of rotatable bonds is 4. The molecule has 0 radical (unpaired) electrons. The molecule has 87 heavy (non-hydrogen) atoms. The number of benzene rings is 13. The Bertz CT molecular complexity index is 5240. The Balaban J connectivity index is 0.940. The highest BCUT2D eigenvalue weighted by molar-refractivity contribution is 7.21. The molecule has 19 rings (SSSR count). The largest absolute Gasteiger partial charge is 0.242 e. The summed E-state index contributed by atoms with van der Waals surface area (Å²) in [4.78, 5) is 18.0. The lowest BCUT2D eigenvalue weighted by atomic mass is 9.70.